The SMILES string of the molecule is Fc1cccc(Cl)c1COc1ccccc1Br. The topological polar surface area (TPSA) is 9.23 Å². The monoisotopic (exact) mass is 314 g/mol. The van der Waals surface area contributed by atoms with Crippen LogP contribution in [0.3, 0.4) is 0 Å². The van der Waals surface area contributed by atoms with Crippen LogP contribution in [-0.4, -0.2) is 0 Å². The van der Waals surface area contributed by atoms with Crippen molar-refractivity contribution < 1.29 is 9.13 Å². The lowest BCUT2D eigenvalue weighted by Gasteiger charge is -2.09. The number of hydrogen-bond acceptors (Lipinski definition) is 1. The Kier molecular flexibility index (Phi) is 4.02. The summed E-state index contributed by atoms with van der Waals surface area (Å²) in [6, 6.07) is 12.0. The molecule has 1 nitrogen and oxygen atoms in total. The molecule has 0 aromatic heterocycles. The summed E-state index contributed by atoms with van der Waals surface area (Å²) in [7, 11) is 0. The van der Waals surface area contributed by atoms with E-state index in [4.69, 9.17) is 16.3 Å². The summed E-state index contributed by atoms with van der Waals surface area (Å²) >= 11 is 9.26. The normalized spacial score (nSPS) is 10.3. The molecule has 0 atom stereocenters. The number of rotatable bonds is 3. The van der Waals surface area contributed by atoms with Gasteiger partial charge < -0.3 is 4.74 Å². The van der Waals surface area contributed by atoms with Gasteiger partial charge in [0.1, 0.15) is 18.2 Å². The molecule has 0 N–H and O–H groups in total. The summed E-state index contributed by atoms with van der Waals surface area (Å²) in [6.45, 7) is 0.105. The van der Waals surface area contributed by atoms with E-state index in [1.54, 1.807) is 18.2 Å². The van der Waals surface area contributed by atoms with Gasteiger partial charge >= 0.3 is 0 Å². The predicted molar refractivity (Wildman–Crippen MR) is 69.9 cm³/mol. The van der Waals surface area contributed by atoms with Gasteiger partial charge in [-0.15, -0.1) is 0 Å². The zero-order valence-electron chi connectivity index (χ0n) is 8.79. The van der Waals surface area contributed by atoms with Crippen LogP contribution in [0, 0.1) is 5.82 Å². The fraction of sp³-hybridized carbons (Fsp3) is 0.0769. The van der Waals surface area contributed by atoms with Crippen LogP contribution in [0.1, 0.15) is 5.56 Å². The predicted octanol–water partition coefficient (Wildman–Crippen LogP) is 4.82. The third-order valence-corrected chi connectivity index (χ3v) is 3.28. The average Bonchev–Trinajstić information content (AvgIpc) is 2.30. The maximum atomic E-state index is 13.5. The molecule has 2 aromatic rings. The van der Waals surface area contributed by atoms with Gasteiger partial charge in [0, 0.05) is 5.56 Å². The van der Waals surface area contributed by atoms with E-state index < -0.39 is 0 Å². The van der Waals surface area contributed by atoms with Crippen LogP contribution in [0.5, 0.6) is 5.75 Å². The summed E-state index contributed by atoms with van der Waals surface area (Å²) < 4.78 is 19.8. The van der Waals surface area contributed by atoms with Crippen molar-refractivity contribution in [3.8, 4) is 5.75 Å². The lowest BCUT2D eigenvalue weighted by molar-refractivity contribution is 0.298. The van der Waals surface area contributed by atoms with Gasteiger partial charge in [0.2, 0.25) is 0 Å². The van der Waals surface area contributed by atoms with E-state index >= 15 is 0 Å². The van der Waals surface area contributed by atoms with Crippen molar-refractivity contribution in [2.75, 3.05) is 0 Å². The second-order valence-electron chi connectivity index (χ2n) is 3.42. The molecule has 0 bridgehead atoms. The van der Waals surface area contributed by atoms with Gasteiger partial charge in [-0.05, 0) is 40.2 Å². The molecule has 17 heavy (non-hydrogen) atoms. The highest BCUT2D eigenvalue weighted by Gasteiger charge is 2.08. The Labute approximate surface area is 112 Å². The second kappa shape index (κ2) is 5.52. The average molecular weight is 316 g/mol. The first kappa shape index (κ1) is 12.4. The summed E-state index contributed by atoms with van der Waals surface area (Å²) in [5.74, 6) is 0.302. The van der Waals surface area contributed by atoms with Crippen LogP contribution >= 0.6 is 27.5 Å². The van der Waals surface area contributed by atoms with Crippen LogP contribution in [0.15, 0.2) is 46.9 Å². The Morgan fingerprint density at radius 3 is 2.59 bits per heavy atom. The first-order chi connectivity index (χ1) is 8.18. The molecule has 0 heterocycles. The molecular formula is C13H9BrClFO. The highest BCUT2D eigenvalue weighted by atomic mass is 79.9. The summed E-state index contributed by atoms with van der Waals surface area (Å²) in [6.07, 6.45) is 0. The van der Waals surface area contributed by atoms with Crippen molar-refractivity contribution >= 4 is 27.5 Å². The highest BCUT2D eigenvalue weighted by Crippen LogP contribution is 2.26. The Bertz CT molecular complexity index is 510. The second-order valence-corrected chi connectivity index (χ2v) is 4.68. The number of para-hydroxylation sites is 1. The van der Waals surface area contributed by atoms with Crippen LogP contribution < -0.4 is 4.74 Å². The van der Waals surface area contributed by atoms with Crippen molar-refractivity contribution in [2.24, 2.45) is 0 Å². The molecule has 0 aliphatic heterocycles. The van der Waals surface area contributed by atoms with Gasteiger partial charge in [-0.3, -0.25) is 0 Å². The standard InChI is InChI=1S/C13H9BrClFO/c14-10-4-1-2-7-13(10)17-8-9-11(15)5-3-6-12(9)16/h1-7H,8H2. The molecule has 2 rings (SSSR count). The van der Waals surface area contributed by atoms with Gasteiger partial charge in [-0.1, -0.05) is 29.8 Å². The zero-order valence-corrected chi connectivity index (χ0v) is 11.1. The minimum absolute atomic E-state index is 0.105. The zero-order chi connectivity index (χ0) is 12.3. The third kappa shape index (κ3) is 2.99. The van der Waals surface area contributed by atoms with Crippen molar-refractivity contribution in [2.45, 2.75) is 6.61 Å². The molecule has 0 unspecified atom stereocenters. The smallest absolute Gasteiger partial charge is 0.133 e. The van der Waals surface area contributed by atoms with E-state index in [-0.39, 0.29) is 12.4 Å². The van der Waals surface area contributed by atoms with Gasteiger partial charge in [-0.25, -0.2) is 4.39 Å². The molecule has 88 valence electrons. The van der Waals surface area contributed by atoms with E-state index in [2.05, 4.69) is 15.9 Å². The minimum atomic E-state index is -0.357. The van der Waals surface area contributed by atoms with Gasteiger partial charge in [0.25, 0.3) is 0 Å². The molecule has 0 fully saturated rings. The van der Waals surface area contributed by atoms with E-state index in [1.807, 2.05) is 18.2 Å². The largest absolute Gasteiger partial charge is 0.488 e. The fourth-order valence-corrected chi connectivity index (χ4v) is 2.00. The van der Waals surface area contributed by atoms with E-state index in [0.717, 1.165) is 4.47 Å². The quantitative estimate of drug-likeness (QED) is 0.789. The molecule has 2 aromatic carbocycles. The molecule has 0 aliphatic rings. The fourth-order valence-electron chi connectivity index (χ4n) is 1.38. The van der Waals surface area contributed by atoms with E-state index in [9.17, 15) is 4.39 Å². The first-order valence-corrected chi connectivity index (χ1v) is 6.16. The Balaban J connectivity index is 2.16. The van der Waals surface area contributed by atoms with Crippen molar-refractivity contribution in [1.29, 1.82) is 0 Å². The summed E-state index contributed by atoms with van der Waals surface area (Å²) in [5, 5.41) is 0.372. The molecule has 0 saturated carbocycles. The van der Waals surface area contributed by atoms with E-state index in [1.165, 1.54) is 6.07 Å². The number of halogens is 3. The lowest BCUT2D eigenvalue weighted by atomic mass is 10.2. The van der Waals surface area contributed by atoms with Crippen LogP contribution in [0.4, 0.5) is 4.39 Å². The maximum absolute atomic E-state index is 13.5. The maximum Gasteiger partial charge on any atom is 0.133 e. The number of hydrogen-bond donors (Lipinski definition) is 0. The Hall–Kier alpha value is -1.06. The molecular weight excluding hydrogens is 306 g/mol. The molecule has 0 spiro atoms. The number of ether oxygens (including phenoxy) is 1. The molecule has 0 radical (unpaired) electrons. The Morgan fingerprint density at radius 2 is 1.88 bits per heavy atom. The van der Waals surface area contributed by atoms with Crippen LogP contribution in [-0.2, 0) is 6.61 Å². The molecule has 0 amide bonds. The van der Waals surface area contributed by atoms with Gasteiger partial charge in [0.15, 0.2) is 0 Å². The van der Waals surface area contributed by atoms with Crippen molar-refractivity contribution in [3.05, 3.63) is 63.3 Å². The summed E-state index contributed by atoms with van der Waals surface area (Å²) in [5.41, 5.74) is 0.366. The van der Waals surface area contributed by atoms with E-state index in [0.29, 0.717) is 16.3 Å². The van der Waals surface area contributed by atoms with Crippen LogP contribution in [0.2, 0.25) is 5.02 Å². The molecule has 4 heteroatoms. The van der Waals surface area contributed by atoms with Crippen LogP contribution in [0.25, 0.3) is 0 Å². The third-order valence-electron chi connectivity index (χ3n) is 2.27. The van der Waals surface area contributed by atoms with Gasteiger partial charge in [0.05, 0.1) is 9.50 Å². The number of benzene rings is 2. The van der Waals surface area contributed by atoms with Crippen molar-refractivity contribution in [3.63, 3.8) is 0 Å². The minimum Gasteiger partial charge on any atom is -0.488 e. The first-order valence-electron chi connectivity index (χ1n) is 4.98. The van der Waals surface area contributed by atoms with Gasteiger partial charge in [-0.2, -0.15) is 0 Å². The highest BCUT2D eigenvalue weighted by molar-refractivity contribution is 9.10. The summed E-state index contributed by atoms with van der Waals surface area (Å²) in [4.78, 5) is 0. The molecule has 0 aliphatic carbocycles. The lowest BCUT2D eigenvalue weighted by Crippen LogP contribution is -1.99. The Morgan fingerprint density at radius 1 is 1.12 bits per heavy atom. The molecule has 0 saturated heterocycles. The van der Waals surface area contributed by atoms with Crippen molar-refractivity contribution in [1.82, 2.24) is 0 Å².